The molecular weight excluding hydrogens is 126 g/mol. The third-order valence-corrected chi connectivity index (χ3v) is 1.51. The highest BCUT2D eigenvalue weighted by atomic mass is 16.1. The molecule has 0 spiro atoms. The maximum Gasteiger partial charge on any atom is 0.309 e. The van der Waals surface area contributed by atoms with Gasteiger partial charge < -0.3 is 5.32 Å². The van der Waals surface area contributed by atoms with Crippen molar-refractivity contribution in [3.05, 3.63) is 0 Å². The molecule has 0 aliphatic heterocycles. The lowest BCUT2D eigenvalue weighted by molar-refractivity contribution is 0.439. The summed E-state index contributed by atoms with van der Waals surface area (Å²) in [4.78, 5) is 9.92. The van der Waals surface area contributed by atoms with Crippen LogP contribution in [0, 0.1) is 5.92 Å². The molecule has 1 atom stereocenters. The number of nitrogens with one attached hydrogen (secondary N) is 1. The van der Waals surface area contributed by atoms with Crippen molar-refractivity contribution in [3.8, 4) is 0 Å². The van der Waals surface area contributed by atoms with Crippen LogP contribution in [0.1, 0.15) is 33.6 Å². The molecule has 1 N–H and O–H groups in total. The first-order valence-electron chi connectivity index (χ1n) is 3.83. The van der Waals surface area contributed by atoms with Gasteiger partial charge in [0.15, 0.2) is 0 Å². The van der Waals surface area contributed by atoms with Crippen molar-refractivity contribution < 1.29 is 4.79 Å². The Morgan fingerprint density at radius 3 is 2.40 bits per heavy atom. The Labute approximate surface area is 63.0 Å². The maximum absolute atomic E-state index is 9.92. The summed E-state index contributed by atoms with van der Waals surface area (Å²) in [7, 11) is 0. The standard InChI is InChI=1S/C8H16NO/c1-4-8(9-6-10)5-7(2)3/h7-8H,4-5H2,1-3H3,(H,9,10). The van der Waals surface area contributed by atoms with E-state index in [0.717, 1.165) is 12.8 Å². The normalized spacial score (nSPS) is 13.2. The monoisotopic (exact) mass is 142 g/mol. The molecule has 0 heterocycles. The first-order chi connectivity index (χ1) is 4.70. The van der Waals surface area contributed by atoms with E-state index in [1.807, 2.05) is 0 Å². The molecule has 2 nitrogen and oxygen atoms in total. The second-order valence-electron chi connectivity index (χ2n) is 2.98. The van der Waals surface area contributed by atoms with Crippen LogP contribution in [0.2, 0.25) is 0 Å². The van der Waals surface area contributed by atoms with E-state index < -0.39 is 0 Å². The van der Waals surface area contributed by atoms with Crippen LogP contribution in [0.25, 0.3) is 0 Å². The van der Waals surface area contributed by atoms with Gasteiger partial charge in [-0.15, -0.1) is 0 Å². The van der Waals surface area contributed by atoms with E-state index in [9.17, 15) is 4.79 Å². The van der Waals surface area contributed by atoms with E-state index in [4.69, 9.17) is 0 Å². The smallest absolute Gasteiger partial charge is 0.309 e. The van der Waals surface area contributed by atoms with E-state index in [-0.39, 0.29) is 0 Å². The van der Waals surface area contributed by atoms with E-state index in [1.165, 1.54) is 0 Å². The molecule has 0 aromatic rings. The van der Waals surface area contributed by atoms with Gasteiger partial charge in [-0.1, -0.05) is 20.8 Å². The summed E-state index contributed by atoms with van der Waals surface area (Å²) in [6.45, 7) is 6.36. The Morgan fingerprint density at radius 1 is 1.50 bits per heavy atom. The summed E-state index contributed by atoms with van der Waals surface area (Å²) in [5.74, 6) is 0.644. The molecule has 0 rings (SSSR count). The fraction of sp³-hybridized carbons (Fsp3) is 0.875. The first kappa shape index (κ1) is 9.47. The van der Waals surface area contributed by atoms with Crippen molar-refractivity contribution in [2.45, 2.75) is 39.7 Å². The van der Waals surface area contributed by atoms with Crippen LogP contribution in [-0.4, -0.2) is 12.5 Å². The summed E-state index contributed by atoms with van der Waals surface area (Å²) < 4.78 is 0. The Balaban J connectivity index is 3.48. The van der Waals surface area contributed by atoms with Gasteiger partial charge >= 0.3 is 6.41 Å². The van der Waals surface area contributed by atoms with E-state index in [2.05, 4.69) is 26.1 Å². The minimum absolute atomic E-state index is 0.317. The van der Waals surface area contributed by atoms with E-state index in [0.29, 0.717) is 12.0 Å². The quantitative estimate of drug-likeness (QED) is 0.579. The van der Waals surface area contributed by atoms with Crippen molar-refractivity contribution in [2.75, 3.05) is 0 Å². The molecule has 59 valence electrons. The SMILES string of the molecule is CCC(CC(C)C)N[C]=O. The number of carbonyl (C=O) groups excluding carboxylic acids is 1. The second kappa shape index (κ2) is 5.27. The zero-order valence-electron chi connectivity index (χ0n) is 6.98. The lowest BCUT2D eigenvalue weighted by Gasteiger charge is -2.14. The zero-order chi connectivity index (χ0) is 7.98. The Kier molecular flexibility index (Phi) is 4.99. The highest BCUT2D eigenvalue weighted by Crippen LogP contribution is 2.06. The average Bonchev–Trinajstić information content (AvgIpc) is 1.86. The number of hydrogen-bond donors (Lipinski definition) is 1. The molecule has 0 bridgehead atoms. The van der Waals surface area contributed by atoms with Gasteiger partial charge in [0.1, 0.15) is 0 Å². The molecule has 0 aromatic heterocycles. The van der Waals surface area contributed by atoms with Gasteiger partial charge in [-0.2, -0.15) is 0 Å². The fourth-order valence-corrected chi connectivity index (χ4v) is 0.980. The van der Waals surface area contributed by atoms with Crippen LogP contribution >= 0.6 is 0 Å². The van der Waals surface area contributed by atoms with Crippen molar-refractivity contribution >= 4 is 6.41 Å². The third-order valence-electron chi connectivity index (χ3n) is 1.51. The Morgan fingerprint density at radius 2 is 2.10 bits per heavy atom. The van der Waals surface area contributed by atoms with Gasteiger partial charge in [0, 0.05) is 6.04 Å². The molecule has 1 unspecified atom stereocenters. The van der Waals surface area contributed by atoms with Gasteiger partial charge in [-0.05, 0) is 18.8 Å². The average molecular weight is 142 g/mol. The summed E-state index contributed by atoms with van der Waals surface area (Å²) in [6.07, 6.45) is 3.76. The van der Waals surface area contributed by atoms with Crippen LogP contribution in [0.4, 0.5) is 0 Å². The minimum Gasteiger partial charge on any atom is -0.345 e. The van der Waals surface area contributed by atoms with Gasteiger partial charge in [0.25, 0.3) is 0 Å². The first-order valence-corrected chi connectivity index (χ1v) is 3.83. The van der Waals surface area contributed by atoms with Crippen LogP contribution in [0.15, 0.2) is 0 Å². The molecule has 1 amide bonds. The van der Waals surface area contributed by atoms with Crippen LogP contribution in [0.3, 0.4) is 0 Å². The topological polar surface area (TPSA) is 29.1 Å². The van der Waals surface area contributed by atoms with Crippen molar-refractivity contribution in [2.24, 2.45) is 5.92 Å². The second-order valence-corrected chi connectivity index (χ2v) is 2.98. The van der Waals surface area contributed by atoms with Gasteiger partial charge in [0.05, 0.1) is 0 Å². The molecule has 0 saturated carbocycles. The minimum atomic E-state index is 0.317. The van der Waals surface area contributed by atoms with Gasteiger partial charge in [-0.25, -0.2) is 0 Å². The predicted octanol–water partition coefficient (Wildman–Crippen LogP) is 1.47. The Hall–Kier alpha value is -0.530. The van der Waals surface area contributed by atoms with E-state index >= 15 is 0 Å². The maximum atomic E-state index is 9.92. The van der Waals surface area contributed by atoms with Crippen LogP contribution < -0.4 is 5.32 Å². The van der Waals surface area contributed by atoms with Crippen molar-refractivity contribution in [1.82, 2.24) is 5.32 Å². The summed E-state index contributed by atoms with van der Waals surface area (Å²) >= 11 is 0. The Bertz CT molecular complexity index is 91.3. The molecule has 0 aliphatic rings. The zero-order valence-corrected chi connectivity index (χ0v) is 6.98. The van der Waals surface area contributed by atoms with Gasteiger partial charge in [-0.3, -0.25) is 4.79 Å². The molecule has 2 heteroatoms. The summed E-state index contributed by atoms with van der Waals surface area (Å²) in [5.41, 5.74) is 0. The highest BCUT2D eigenvalue weighted by molar-refractivity contribution is 5.47. The lowest BCUT2D eigenvalue weighted by Crippen LogP contribution is -2.28. The number of rotatable bonds is 5. The summed E-state index contributed by atoms with van der Waals surface area (Å²) in [5, 5.41) is 2.66. The number of hydrogen-bond acceptors (Lipinski definition) is 1. The molecule has 0 fully saturated rings. The molecule has 0 aliphatic carbocycles. The molecule has 0 aromatic carbocycles. The molecule has 1 radical (unpaired) electrons. The molecular formula is C8H16NO. The highest BCUT2D eigenvalue weighted by Gasteiger charge is 2.06. The molecule has 0 saturated heterocycles. The van der Waals surface area contributed by atoms with Crippen LogP contribution in [0.5, 0.6) is 0 Å². The largest absolute Gasteiger partial charge is 0.345 e. The van der Waals surface area contributed by atoms with Gasteiger partial charge in [0.2, 0.25) is 0 Å². The van der Waals surface area contributed by atoms with Crippen molar-refractivity contribution in [3.63, 3.8) is 0 Å². The molecule has 10 heavy (non-hydrogen) atoms. The lowest BCUT2D eigenvalue weighted by atomic mass is 10.0. The van der Waals surface area contributed by atoms with E-state index in [1.54, 1.807) is 6.41 Å². The predicted molar refractivity (Wildman–Crippen MR) is 42.4 cm³/mol. The fourth-order valence-electron chi connectivity index (χ4n) is 0.980. The van der Waals surface area contributed by atoms with Crippen molar-refractivity contribution in [1.29, 1.82) is 0 Å². The third kappa shape index (κ3) is 4.36. The number of amides is 1. The summed E-state index contributed by atoms with van der Waals surface area (Å²) in [6, 6.07) is 0.317. The van der Waals surface area contributed by atoms with Crippen LogP contribution in [-0.2, 0) is 4.79 Å².